The van der Waals surface area contributed by atoms with Crippen molar-refractivity contribution in [1.82, 2.24) is 0 Å². The summed E-state index contributed by atoms with van der Waals surface area (Å²) in [7, 11) is 6.93. The van der Waals surface area contributed by atoms with Crippen LogP contribution in [-0.4, -0.2) is 40.7 Å². The molecule has 0 aliphatic carbocycles. The Kier molecular flexibility index (Phi) is 6.21. The first-order valence-corrected chi connectivity index (χ1v) is 10.5. The Labute approximate surface area is 188 Å². The number of carbonyl (C=O) groups is 1. The van der Waals surface area contributed by atoms with E-state index in [0.29, 0.717) is 24.4 Å². The summed E-state index contributed by atoms with van der Waals surface area (Å²) in [6.07, 6.45) is 0. The highest BCUT2D eigenvalue weighted by molar-refractivity contribution is 6.12. The topological polar surface area (TPSA) is 60.0 Å². The Morgan fingerprint density at radius 3 is 2.06 bits per heavy atom. The zero-order valence-electron chi connectivity index (χ0n) is 18.8. The van der Waals surface area contributed by atoms with E-state index in [1.165, 1.54) is 0 Å². The van der Waals surface area contributed by atoms with Crippen LogP contribution >= 0.6 is 0 Å². The maximum atomic E-state index is 13.7. The molecular formula is C26H28N2O4. The van der Waals surface area contributed by atoms with E-state index >= 15 is 0 Å². The number of rotatable bonds is 7. The fourth-order valence-corrected chi connectivity index (χ4v) is 4.08. The van der Waals surface area contributed by atoms with Crippen LogP contribution < -0.4 is 24.4 Å². The highest BCUT2D eigenvalue weighted by atomic mass is 16.5. The van der Waals surface area contributed by atoms with Gasteiger partial charge in [-0.3, -0.25) is 4.79 Å². The molecule has 6 nitrogen and oxygen atoms in total. The molecule has 6 heteroatoms. The third-order valence-electron chi connectivity index (χ3n) is 5.92. The molecule has 3 aromatic rings. The van der Waals surface area contributed by atoms with Crippen LogP contribution in [0.25, 0.3) is 0 Å². The number of anilines is 2. The Hall–Kier alpha value is -3.67. The van der Waals surface area contributed by atoms with Crippen molar-refractivity contribution in [2.75, 3.05) is 45.1 Å². The van der Waals surface area contributed by atoms with E-state index in [0.717, 1.165) is 34.0 Å². The second kappa shape index (κ2) is 9.22. The lowest BCUT2D eigenvalue weighted by molar-refractivity contribution is 0.0957. The second-order valence-electron chi connectivity index (χ2n) is 7.84. The molecule has 0 bridgehead atoms. The highest BCUT2D eigenvalue weighted by Gasteiger charge is 2.34. The summed E-state index contributed by atoms with van der Waals surface area (Å²) < 4.78 is 16.0. The number of nitrogens with one attached hydrogen (secondary N) is 1. The van der Waals surface area contributed by atoms with Gasteiger partial charge in [0.2, 0.25) is 0 Å². The van der Waals surface area contributed by atoms with Gasteiger partial charge in [0.25, 0.3) is 0 Å². The largest absolute Gasteiger partial charge is 0.497 e. The van der Waals surface area contributed by atoms with E-state index < -0.39 is 0 Å². The van der Waals surface area contributed by atoms with Crippen LogP contribution in [0.3, 0.4) is 0 Å². The Morgan fingerprint density at radius 1 is 0.875 bits per heavy atom. The number of Topliss-reactive ketones (excluding diaryl/α,β-unsaturated/α-hetero) is 1. The number of methoxy groups -OCH3 is 3. The van der Waals surface area contributed by atoms with Crippen molar-refractivity contribution in [3.05, 3.63) is 77.4 Å². The number of ketones is 1. The van der Waals surface area contributed by atoms with Crippen molar-refractivity contribution < 1.29 is 19.0 Å². The first-order valence-electron chi connectivity index (χ1n) is 10.5. The van der Waals surface area contributed by atoms with Gasteiger partial charge in [0.15, 0.2) is 5.78 Å². The number of hydrogen-bond acceptors (Lipinski definition) is 6. The molecule has 0 aromatic heterocycles. The van der Waals surface area contributed by atoms with Gasteiger partial charge in [0, 0.05) is 32.3 Å². The van der Waals surface area contributed by atoms with Crippen molar-refractivity contribution in [1.29, 1.82) is 0 Å². The van der Waals surface area contributed by atoms with Gasteiger partial charge in [-0.1, -0.05) is 24.3 Å². The van der Waals surface area contributed by atoms with Crippen molar-refractivity contribution >= 4 is 17.2 Å². The highest BCUT2D eigenvalue weighted by Crippen LogP contribution is 2.41. The molecule has 0 saturated carbocycles. The van der Waals surface area contributed by atoms with Gasteiger partial charge in [0.1, 0.15) is 17.2 Å². The standard InChI is InChI=1S/C26H28N2O4/c1-28-16-22(18-7-11-20(31-3)12-8-18)26(29)25-23(13-21(32-4)14-24(25)28)27-15-17-5-9-19(30-2)10-6-17/h5-14,22,27H,15-16H2,1-4H3. The van der Waals surface area contributed by atoms with Crippen molar-refractivity contribution in [3.63, 3.8) is 0 Å². The lowest BCUT2D eigenvalue weighted by Crippen LogP contribution is -2.36. The minimum absolute atomic E-state index is 0.100. The summed E-state index contributed by atoms with van der Waals surface area (Å²) in [5.74, 6) is 2.14. The molecule has 0 radical (unpaired) electrons. The van der Waals surface area contributed by atoms with E-state index in [-0.39, 0.29) is 11.7 Å². The van der Waals surface area contributed by atoms with Gasteiger partial charge in [-0.25, -0.2) is 0 Å². The molecule has 166 valence electrons. The van der Waals surface area contributed by atoms with E-state index in [1.54, 1.807) is 21.3 Å². The van der Waals surface area contributed by atoms with Gasteiger partial charge in [0.05, 0.1) is 44.2 Å². The number of fused-ring (bicyclic) bond motifs is 1. The second-order valence-corrected chi connectivity index (χ2v) is 7.84. The smallest absolute Gasteiger partial charge is 0.176 e. The Morgan fingerprint density at radius 2 is 1.47 bits per heavy atom. The SMILES string of the molecule is COc1ccc(CNc2cc(OC)cc3c2C(=O)C(c2ccc(OC)cc2)CN3C)cc1. The third kappa shape index (κ3) is 4.21. The average Bonchev–Trinajstić information content (AvgIpc) is 2.84. The van der Waals surface area contributed by atoms with Crippen molar-refractivity contribution in [2.45, 2.75) is 12.5 Å². The van der Waals surface area contributed by atoms with Gasteiger partial charge in [-0.05, 0) is 35.4 Å². The fourth-order valence-electron chi connectivity index (χ4n) is 4.08. The van der Waals surface area contributed by atoms with E-state index in [1.807, 2.05) is 67.7 Å². The molecule has 1 atom stereocenters. The average molecular weight is 433 g/mol. The Balaban J connectivity index is 1.67. The van der Waals surface area contributed by atoms with Crippen molar-refractivity contribution in [2.24, 2.45) is 0 Å². The first kappa shape index (κ1) is 21.6. The van der Waals surface area contributed by atoms with Crippen LogP contribution in [0.2, 0.25) is 0 Å². The number of likely N-dealkylation sites (N-methyl/N-ethyl adjacent to an activating group) is 1. The van der Waals surface area contributed by atoms with Crippen LogP contribution in [0.1, 0.15) is 27.4 Å². The fraction of sp³-hybridized carbons (Fsp3) is 0.269. The summed E-state index contributed by atoms with van der Waals surface area (Å²) in [6, 6.07) is 19.4. The van der Waals surface area contributed by atoms with Crippen molar-refractivity contribution in [3.8, 4) is 17.2 Å². The maximum Gasteiger partial charge on any atom is 0.176 e. The molecule has 1 aliphatic heterocycles. The molecule has 1 unspecified atom stereocenters. The first-order chi connectivity index (χ1) is 15.5. The van der Waals surface area contributed by atoms with E-state index in [9.17, 15) is 4.79 Å². The number of nitrogens with zero attached hydrogens (tertiary/aromatic N) is 1. The zero-order valence-corrected chi connectivity index (χ0v) is 18.8. The van der Waals surface area contributed by atoms with Crippen LogP contribution in [0, 0.1) is 0 Å². The molecule has 0 spiro atoms. The molecular weight excluding hydrogens is 404 g/mol. The summed E-state index contributed by atoms with van der Waals surface area (Å²) in [6.45, 7) is 1.18. The predicted molar refractivity (Wildman–Crippen MR) is 127 cm³/mol. The van der Waals surface area contributed by atoms with Gasteiger partial charge < -0.3 is 24.4 Å². The molecule has 0 amide bonds. The monoisotopic (exact) mass is 432 g/mol. The minimum atomic E-state index is -0.256. The molecule has 1 aliphatic rings. The summed E-state index contributed by atoms with van der Waals surface area (Å²) in [5, 5.41) is 3.45. The molecule has 1 heterocycles. The van der Waals surface area contributed by atoms with Gasteiger partial charge in [-0.15, -0.1) is 0 Å². The number of hydrogen-bond donors (Lipinski definition) is 1. The number of benzene rings is 3. The van der Waals surface area contributed by atoms with Gasteiger partial charge in [-0.2, -0.15) is 0 Å². The summed E-state index contributed by atoms with van der Waals surface area (Å²) in [4.78, 5) is 15.8. The molecule has 0 saturated heterocycles. The lowest BCUT2D eigenvalue weighted by Gasteiger charge is -2.34. The van der Waals surface area contributed by atoms with Crippen LogP contribution in [0.5, 0.6) is 17.2 Å². The minimum Gasteiger partial charge on any atom is -0.497 e. The van der Waals surface area contributed by atoms with Crippen LogP contribution in [0.4, 0.5) is 11.4 Å². The number of ether oxygens (including phenoxy) is 3. The zero-order chi connectivity index (χ0) is 22.7. The molecule has 32 heavy (non-hydrogen) atoms. The maximum absolute atomic E-state index is 13.7. The van der Waals surface area contributed by atoms with Crippen LogP contribution in [-0.2, 0) is 6.54 Å². The van der Waals surface area contributed by atoms with E-state index in [2.05, 4.69) is 10.2 Å². The quantitative estimate of drug-likeness (QED) is 0.582. The molecule has 3 aromatic carbocycles. The Bertz CT molecular complexity index is 1090. The van der Waals surface area contributed by atoms with Crippen LogP contribution in [0.15, 0.2) is 60.7 Å². The lowest BCUT2D eigenvalue weighted by atomic mass is 9.85. The molecule has 1 N–H and O–H groups in total. The molecule has 4 rings (SSSR count). The third-order valence-corrected chi connectivity index (χ3v) is 5.92. The summed E-state index contributed by atoms with van der Waals surface area (Å²) >= 11 is 0. The number of carbonyl (C=O) groups excluding carboxylic acids is 1. The summed E-state index contributed by atoms with van der Waals surface area (Å²) in [5.41, 5.74) is 4.39. The predicted octanol–water partition coefficient (Wildman–Crippen LogP) is 4.74. The van der Waals surface area contributed by atoms with E-state index in [4.69, 9.17) is 14.2 Å². The normalized spacial score (nSPS) is 15.2. The molecule has 0 fully saturated rings. The van der Waals surface area contributed by atoms with Gasteiger partial charge >= 0.3 is 0 Å².